The first kappa shape index (κ1) is 17.9. The van der Waals surface area contributed by atoms with Gasteiger partial charge in [-0.2, -0.15) is 0 Å². The van der Waals surface area contributed by atoms with Crippen molar-refractivity contribution in [2.75, 3.05) is 10.6 Å². The van der Waals surface area contributed by atoms with Gasteiger partial charge in [-0.3, -0.25) is 14.8 Å². The van der Waals surface area contributed by atoms with Gasteiger partial charge in [0, 0.05) is 28.5 Å². The molecule has 0 spiro atoms. The number of pyridine rings is 2. The van der Waals surface area contributed by atoms with Gasteiger partial charge in [0.25, 0.3) is 5.91 Å². The zero-order valence-corrected chi connectivity index (χ0v) is 15.9. The van der Waals surface area contributed by atoms with Crippen molar-refractivity contribution >= 4 is 45.5 Å². The van der Waals surface area contributed by atoms with E-state index in [0.29, 0.717) is 22.0 Å². The maximum absolute atomic E-state index is 12.8. The van der Waals surface area contributed by atoms with Crippen LogP contribution < -0.4 is 10.6 Å². The van der Waals surface area contributed by atoms with Crippen molar-refractivity contribution in [1.29, 1.82) is 0 Å². The molecule has 0 radical (unpaired) electrons. The van der Waals surface area contributed by atoms with Gasteiger partial charge in [-0.15, -0.1) is 0 Å². The molecule has 2 aromatic carbocycles. The molecule has 1 amide bonds. The van der Waals surface area contributed by atoms with Crippen LogP contribution in [0.15, 0.2) is 73.2 Å². The molecule has 0 saturated carbocycles. The van der Waals surface area contributed by atoms with Crippen LogP contribution in [-0.4, -0.2) is 15.9 Å². The van der Waals surface area contributed by atoms with Gasteiger partial charge in [0.2, 0.25) is 0 Å². The van der Waals surface area contributed by atoms with Crippen molar-refractivity contribution in [2.24, 2.45) is 0 Å². The summed E-state index contributed by atoms with van der Waals surface area (Å²) >= 11 is 6.17. The van der Waals surface area contributed by atoms with Crippen LogP contribution in [0.5, 0.6) is 0 Å². The summed E-state index contributed by atoms with van der Waals surface area (Å²) in [7, 11) is 0. The van der Waals surface area contributed by atoms with E-state index in [-0.39, 0.29) is 5.91 Å². The second-order valence-electron chi connectivity index (χ2n) is 6.33. The fraction of sp³-hybridized carbons (Fsp3) is 0.0455. The van der Waals surface area contributed by atoms with Crippen molar-refractivity contribution in [3.63, 3.8) is 0 Å². The number of hydrogen-bond donors (Lipinski definition) is 2. The molecule has 2 aromatic heterocycles. The van der Waals surface area contributed by atoms with Crippen LogP contribution in [0.4, 0.5) is 17.1 Å². The molecular weight excluding hydrogens is 372 g/mol. The van der Waals surface area contributed by atoms with E-state index in [1.165, 1.54) is 6.20 Å². The number of nitrogens with one attached hydrogen (secondary N) is 2. The number of anilines is 3. The molecule has 0 fully saturated rings. The molecule has 0 aliphatic heterocycles. The Labute approximate surface area is 167 Å². The van der Waals surface area contributed by atoms with Crippen molar-refractivity contribution in [3.8, 4) is 0 Å². The van der Waals surface area contributed by atoms with Crippen LogP contribution in [0.25, 0.3) is 10.9 Å². The number of halogens is 1. The quantitative estimate of drug-likeness (QED) is 0.478. The van der Waals surface area contributed by atoms with Gasteiger partial charge in [0.05, 0.1) is 28.7 Å². The maximum Gasteiger partial charge on any atom is 0.257 e. The van der Waals surface area contributed by atoms with E-state index in [4.69, 9.17) is 11.6 Å². The van der Waals surface area contributed by atoms with Crippen molar-refractivity contribution in [1.82, 2.24) is 9.97 Å². The smallest absolute Gasteiger partial charge is 0.257 e. The van der Waals surface area contributed by atoms with Crippen molar-refractivity contribution in [2.45, 2.75) is 6.92 Å². The minimum Gasteiger partial charge on any atom is -0.354 e. The molecule has 0 bridgehead atoms. The number of nitrogens with zero attached hydrogens (tertiary/aromatic N) is 2. The third-order valence-electron chi connectivity index (χ3n) is 4.43. The number of amides is 1. The van der Waals surface area contributed by atoms with Gasteiger partial charge in [-0.1, -0.05) is 35.9 Å². The second-order valence-corrected chi connectivity index (χ2v) is 6.74. The molecule has 0 aliphatic carbocycles. The summed E-state index contributed by atoms with van der Waals surface area (Å²) < 4.78 is 0. The van der Waals surface area contributed by atoms with E-state index < -0.39 is 0 Å². The molecule has 6 heteroatoms. The SMILES string of the molecule is Cc1c(Cl)cccc1Nc1cncc(C(=O)Nc2cccc3cccnc23)c1. The minimum absolute atomic E-state index is 0.253. The number of aromatic nitrogens is 2. The van der Waals surface area contributed by atoms with Crippen LogP contribution in [0.3, 0.4) is 0 Å². The lowest BCUT2D eigenvalue weighted by Gasteiger charge is -2.12. The van der Waals surface area contributed by atoms with E-state index >= 15 is 0 Å². The summed E-state index contributed by atoms with van der Waals surface area (Å²) in [5, 5.41) is 7.82. The zero-order chi connectivity index (χ0) is 19.5. The molecule has 0 saturated heterocycles. The van der Waals surface area contributed by atoms with E-state index in [2.05, 4.69) is 20.6 Å². The highest BCUT2D eigenvalue weighted by Gasteiger charge is 2.11. The molecule has 4 aromatic rings. The molecule has 2 N–H and O–H groups in total. The van der Waals surface area contributed by atoms with Gasteiger partial charge in [-0.05, 0) is 42.8 Å². The van der Waals surface area contributed by atoms with Crippen LogP contribution >= 0.6 is 11.6 Å². The van der Waals surface area contributed by atoms with Crippen molar-refractivity contribution in [3.05, 3.63) is 89.3 Å². The molecule has 0 atom stereocenters. The molecule has 138 valence electrons. The number of carbonyl (C=O) groups is 1. The van der Waals surface area contributed by atoms with Crippen LogP contribution in [0, 0.1) is 6.92 Å². The monoisotopic (exact) mass is 388 g/mol. The highest BCUT2D eigenvalue weighted by molar-refractivity contribution is 6.31. The number of carbonyl (C=O) groups excluding carboxylic acids is 1. The topological polar surface area (TPSA) is 66.9 Å². The molecular formula is C22H17ClN4O. The predicted octanol–water partition coefficient (Wildman–Crippen LogP) is 5.59. The van der Waals surface area contributed by atoms with E-state index in [0.717, 1.165) is 22.2 Å². The Bertz CT molecular complexity index is 1170. The van der Waals surface area contributed by atoms with Crippen LogP contribution in [-0.2, 0) is 0 Å². The maximum atomic E-state index is 12.8. The Morgan fingerprint density at radius 3 is 2.68 bits per heavy atom. The standard InChI is InChI=1S/C22H17ClN4O/c1-14-18(23)7-3-8-19(14)26-17-11-16(12-24-13-17)22(28)27-20-9-2-5-15-6-4-10-25-21(15)20/h2-13,26H,1H3,(H,27,28). The number of hydrogen-bond acceptors (Lipinski definition) is 4. The van der Waals surface area contributed by atoms with Gasteiger partial charge >= 0.3 is 0 Å². The van der Waals surface area contributed by atoms with Crippen LogP contribution in [0.1, 0.15) is 15.9 Å². The molecule has 2 heterocycles. The summed E-state index contributed by atoms with van der Waals surface area (Å²) in [6.45, 7) is 1.93. The van der Waals surface area contributed by atoms with E-state index in [1.807, 2.05) is 55.5 Å². The van der Waals surface area contributed by atoms with Gasteiger partial charge in [0.15, 0.2) is 0 Å². The van der Waals surface area contributed by atoms with E-state index in [1.54, 1.807) is 18.5 Å². The van der Waals surface area contributed by atoms with Gasteiger partial charge in [-0.25, -0.2) is 0 Å². The average molecular weight is 389 g/mol. The Morgan fingerprint density at radius 1 is 1.00 bits per heavy atom. The fourth-order valence-electron chi connectivity index (χ4n) is 2.93. The lowest BCUT2D eigenvalue weighted by Crippen LogP contribution is -2.13. The summed E-state index contributed by atoms with van der Waals surface area (Å²) in [6.07, 6.45) is 4.90. The average Bonchev–Trinajstić information content (AvgIpc) is 2.72. The first-order chi connectivity index (χ1) is 13.6. The van der Waals surface area contributed by atoms with Gasteiger partial charge < -0.3 is 10.6 Å². The number of para-hydroxylation sites is 1. The predicted molar refractivity (Wildman–Crippen MR) is 113 cm³/mol. The lowest BCUT2D eigenvalue weighted by atomic mass is 10.1. The van der Waals surface area contributed by atoms with Crippen molar-refractivity contribution < 1.29 is 4.79 Å². The minimum atomic E-state index is -0.253. The Morgan fingerprint density at radius 2 is 1.79 bits per heavy atom. The number of fused-ring (bicyclic) bond motifs is 1. The van der Waals surface area contributed by atoms with Crippen LogP contribution in [0.2, 0.25) is 5.02 Å². The largest absolute Gasteiger partial charge is 0.354 e. The first-order valence-corrected chi connectivity index (χ1v) is 9.12. The third kappa shape index (κ3) is 3.66. The summed E-state index contributed by atoms with van der Waals surface area (Å²) in [4.78, 5) is 21.3. The highest BCUT2D eigenvalue weighted by Crippen LogP contribution is 2.26. The van der Waals surface area contributed by atoms with Gasteiger partial charge in [0.1, 0.15) is 0 Å². The lowest BCUT2D eigenvalue weighted by molar-refractivity contribution is 0.102. The number of rotatable bonds is 4. The zero-order valence-electron chi connectivity index (χ0n) is 15.1. The summed E-state index contributed by atoms with van der Waals surface area (Å²) in [6, 6.07) is 16.9. The molecule has 0 aliphatic rings. The molecule has 0 unspecified atom stereocenters. The Kier molecular flexibility index (Phi) is 4.91. The molecule has 4 rings (SSSR count). The molecule has 5 nitrogen and oxygen atoms in total. The highest BCUT2D eigenvalue weighted by atomic mass is 35.5. The van der Waals surface area contributed by atoms with E-state index in [9.17, 15) is 4.79 Å². The first-order valence-electron chi connectivity index (χ1n) is 8.74. The summed E-state index contributed by atoms with van der Waals surface area (Å²) in [5.41, 5.74) is 4.35. The Balaban J connectivity index is 1.58. The molecule has 28 heavy (non-hydrogen) atoms. The fourth-order valence-corrected chi connectivity index (χ4v) is 3.10. The normalized spacial score (nSPS) is 10.6. The second kappa shape index (κ2) is 7.66. The Hall–Kier alpha value is -3.44. The number of benzene rings is 2. The third-order valence-corrected chi connectivity index (χ3v) is 4.84. The summed E-state index contributed by atoms with van der Waals surface area (Å²) in [5.74, 6) is -0.253.